The highest BCUT2D eigenvalue weighted by atomic mass is 32.1. The molecular weight excluding hydrogens is 208 g/mol. The smallest absolute Gasteiger partial charge is 0.188 e. The van der Waals surface area contributed by atoms with E-state index in [9.17, 15) is 0 Å². The zero-order valence-electron chi connectivity index (χ0n) is 8.34. The molecule has 0 radical (unpaired) electrons. The van der Waals surface area contributed by atoms with Crippen LogP contribution < -0.4 is 0 Å². The SMILES string of the molecule is CCCc1ncc2cnc3ncsc3n12. The molecule has 3 aromatic rings. The van der Waals surface area contributed by atoms with Gasteiger partial charge in [-0.3, -0.25) is 4.40 Å². The molecule has 0 saturated carbocycles. The predicted octanol–water partition coefficient (Wildman–Crippen LogP) is 2.29. The van der Waals surface area contributed by atoms with Gasteiger partial charge >= 0.3 is 0 Å². The molecule has 15 heavy (non-hydrogen) atoms. The molecule has 0 fully saturated rings. The van der Waals surface area contributed by atoms with E-state index in [0.29, 0.717) is 0 Å². The summed E-state index contributed by atoms with van der Waals surface area (Å²) in [6.45, 7) is 2.16. The van der Waals surface area contributed by atoms with Crippen LogP contribution in [0.5, 0.6) is 0 Å². The Morgan fingerprint density at radius 2 is 2.13 bits per heavy atom. The monoisotopic (exact) mass is 218 g/mol. The number of nitrogens with zero attached hydrogens (tertiary/aromatic N) is 4. The van der Waals surface area contributed by atoms with Crippen LogP contribution in [0.4, 0.5) is 0 Å². The first-order valence-electron chi connectivity index (χ1n) is 4.94. The van der Waals surface area contributed by atoms with Crippen molar-refractivity contribution in [1.82, 2.24) is 19.4 Å². The van der Waals surface area contributed by atoms with Crippen molar-refractivity contribution in [3.63, 3.8) is 0 Å². The van der Waals surface area contributed by atoms with E-state index < -0.39 is 0 Å². The van der Waals surface area contributed by atoms with E-state index in [2.05, 4.69) is 26.3 Å². The molecule has 0 aliphatic carbocycles. The molecule has 0 aromatic carbocycles. The van der Waals surface area contributed by atoms with Gasteiger partial charge in [0.25, 0.3) is 0 Å². The summed E-state index contributed by atoms with van der Waals surface area (Å²) in [6, 6.07) is 0. The van der Waals surface area contributed by atoms with E-state index in [1.54, 1.807) is 11.3 Å². The summed E-state index contributed by atoms with van der Waals surface area (Å²) in [5.41, 5.74) is 3.69. The highest BCUT2D eigenvalue weighted by Gasteiger charge is 2.08. The normalized spacial score (nSPS) is 11.5. The van der Waals surface area contributed by atoms with Gasteiger partial charge in [0.1, 0.15) is 10.7 Å². The summed E-state index contributed by atoms with van der Waals surface area (Å²) in [6.07, 6.45) is 5.79. The third-order valence-corrected chi connectivity index (χ3v) is 3.19. The number of rotatable bonds is 2. The first kappa shape index (κ1) is 8.79. The Kier molecular flexibility index (Phi) is 1.92. The number of hydrogen-bond donors (Lipinski definition) is 0. The highest BCUT2D eigenvalue weighted by molar-refractivity contribution is 7.16. The van der Waals surface area contributed by atoms with E-state index in [4.69, 9.17) is 0 Å². The van der Waals surface area contributed by atoms with E-state index in [1.807, 2.05) is 17.9 Å². The summed E-state index contributed by atoms with van der Waals surface area (Å²) in [5.74, 6) is 1.10. The fourth-order valence-corrected chi connectivity index (χ4v) is 2.51. The van der Waals surface area contributed by atoms with Gasteiger partial charge in [0.05, 0.1) is 23.4 Å². The van der Waals surface area contributed by atoms with Crippen molar-refractivity contribution >= 4 is 27.3 Å². The molecule has 0 spiro atoms. The van der Waals surface area contributed by atoms with Gasteiger partial charge in [0.15, 0.2) is 5.65 Å². The molecule has 0 saturated heterocycles. The van der Waals surface area contributed by atoms with Crippen LogP contribution in [0.2, 0.25) is 0 Å². The molecular formula is C10H10N4S. The lowest BCUT2D eigenvalue weighted by atomic mass is 10.3. The average molecular weight is 218 g/mol. The summed E-state index contributed by atoms with van der Waals surface area (Å²) < 4.78 is 2.16. The minimum absolute atomic E-state index is 0.808. The average Bonchev–Trinajstić information content (AvgIpc) is 2.83. The molecule has 0 atom stereocenters. The molecule has 0 amide bonds. The second-order valence-electron chi connectivity index (χ2n) is 3.42. The van der Waals surface area contributed by atoms with Crippen molar-refractivity contribution in [1.29, 1.82) is 0 Å². The quantitative estimate of drug-likeness (QED) is 0.662. The molecule has 4 nitrogen and oxygen atoms in total. The number of aryl methyl sites for hydroxylation is 1. The maximum absolute atomic E-state index is 4.42. The molecule has 0 bridgehead atoms. The molecule has 0 aliphatic rings. The van der Waals surface area contributed by atoms with Gasteiger partial charge in [-0.05, 0) is 6.42 Å². The number of hydrogen-bond acceptors (Lipinski definition) is 4. The minimum atomic E-state index is 0.808. The lowest BCUT2D eigenvalue weighted by Crippen LogP contribution is -1.95. The van der Waals surface area contributed by atoms with E-state index in [0.717, 1.165) is 34.7 Å². The predicted molar refractivity (Wildman–Crippen MR) is 60.2 cm³/mol. The highest BCUT2D eigenvalue weighted by Crippen LogP contribution is 2.19. The van der Waals surface area contributed by atoms with Crippen LogP contribution in [0.15, 0.2) is 17.9 Å². The maximum Gasteiger partial charge on any atom is 0.188 e. The topological polar surface area (TPSA) is 43.1 Å². The third-order valence-electron chi connectivity index (χ3n) is 2.39. The first-order valence-corrected chi connectivity index (χ1v) is 5.82. The summed E-state index contributed by atoms with van der Waals surface area (Å²) in [4.78, 5) is 14.0. The van der Waals surface area contributed by atoms with Crippen LogP contribution in [0.3, 0.4) is 0 Å². The summed E-state index contributed by atoms with van der Waals surface area (Å²) in [5, 5.41) is 0. The minimum Gasteiger partial charge on any atom is -0.283 e. The Labute approximate surface area is 90.6 Å². The lowest BCUT2D eigenvalue weighted by molar-refractivity contribution is 0.840. The van der Waals surface area contributed by atoms with Crippen LogP contribution in [0, 0.1) is 0 Å². The fourth-order valence-electron chi connectivity index (χ4n) is 1.73. The third kappa shape index (κ3) is 1.23. The van der Waals surface area contributed by atoms with Crippen LogP contribution >= 0.6 is 11.3 Å². The number of aromatic nitrogens is 4. The van der Waals surface area contributed by atoms with Crippen molar-refractivity contribution in [3.05, 3.63) is 23.7 Å². The van der Waals surface area contributed by atoms with Gasteiger partial charge in [-0.25, -0.2) is 15.0 Å². The molecule has 3 heterocycles. The molecule has 0 N–H and O–H groups in total. The van der Waals surface area contributed by atoms with E-state index in [1.165, 1.54) is 0 Å². The van der Waals surface area contributed by atoms with Gasteiger partial charge in [-0.2, -0.15) is 0 Å². The maximum atomic E-state index is 4.42. The second kappa shape index (κ2) is 3.27. The Hall–Kier alpha value is -1.49. The number of imidazole rings is 1. The summed E-state index contributed by atoms with van der Waals surface area (Å²) in [7, 11) is 0. The fraction of sp³-hybridized carbons (Fsp3) is 0.300. The van der Waals surface area contributed by atoms with Crippen LogP contribution in [-0.4, -0.2) is 19.4 Å². The van der Waals surface area contributed by atoms with Gasteiger partial charge < -0.3 is 0 Å². The number of thiazole rings is 1. The molecule has 0 unspecified atom stereocenters. The van der Waals surface area contributed by atoms with E-state index in [-0.39, 0.29) is 0 Å². The Bertz CT molecular complexity index is 610. The van der Waals surface area contributed by atoms with Gasteiger partial charge in [-0.1, -0.05) is 6.92 Å². The molecule has 3 rings (SSSR count). The standard InChI is InChI=1S/C10H10N4S/c1-2-3-8-11-4-7-5-12-9-10(14(7)8)15-6-13-9/h4-6H,2-3H2,1H3. The van der Waals surface area contributed by atoms with Crippen molar-refractivity contribution in [2.24, 2.45) is 0 Å². The number of fused-ring (bicyclic) bond motifs is 3. The van der Waals surface area contributed by atoms with E-state index >= 15 is 0 Å². The zero-order valence-corrected chi connectivity index (χ0v) is 9.16. The van der Waals surface area contributed by atoms with Crippen molar-refractivity contribution in [3.8, 4) is 0 Å². The molecule has 76 valence electrons. The van der Waals surface area contributed by atoms with Crippen LogP contribution in [-0.2, 0) is 6.42 Å². The van der Waals surface area contributed by atoms with Crippen LogP contribution in [0.25, 0.3) is 16.0 Å². The summed E-state index contributed by atoms with van der Waals surface area (Å²) >= 11 is 1.61. The van der Waals surface area contributed by atoms with Gasteiger partial charge in [-0.15, -0.1) is 11.3 Å². The first-order chi connectivity index (χ1) is 7.40. The molecule has 5 heteroatoms. The molecule has 3 aromatic heterocycles. The lowest BCUT2D eigenvalue weighted by Gasteiger charge is -1.99. The zero-order chi connectivity index (χ0) is 10.3. The molecule has 0 aliphatic heterocycles. The van der Waals surface area contributed by atoms with Crippen LogP contribution in [0.1, 0.15) is 19.2 Å². The Balaban J connectivity index is 2.41. The Morgan fingerprint density at radius 1 is 1.27 bits per heavy atom. The van der Waals surface area contributed by atoms with Gasteiger partial charge in [0, 0.05) is 6.42 Å². The Morgan fingerprint density at radius 3 is 3.00 bits per heavy atom. The second-order valence-corrected chi connectivity index (χ2v) is 4.26. The van der Waals surface area contributed by atoms with Crippen molar-refractivity contribution in [2.45, 2.75) is 19.8 Å². The van der Waals surface area contributed by atoms with Crippen molar-refractivity contribution < 1.29 is 0 Å². The van der Waals surface area contributed by atoms with Gasteiger partial charge in [0.2, 0.25) is 0 Å². The van der Waals surface area contributed by atoms with Crippen molar-refractivity contribution in [2.75, 3.05) is 0 Å². The largest absolute Gasteiger partial charge is 0.283 e.